The van der Waals surface area contributed by atoms with Crippen LogP contribution in [0, 0.1) is 0 Å². The summed E-state index contributed by atoms with van der Waals surface area (Å²) < 4.78 is 5.89. The van der Waals surface area contributed by atoms with Crippen molar-refractivity contribution in [2.24, 2.45) is 0 Å². The zero-order valence-electron chi connectivity index (χ0n) is 11.4. The van der Waals surface area contributed by atoms with E-state index in [2.05, 4.69) is 26.0 Å². The number of hydrogen-bond acceptors (Lipinski definition) is 2. The van der Waals surface area contributed by atoms with Crippen molar-refractivity contribution < 1.29 is 9.84 Å². The summed E-state index contributed by atoms with van der Waals surface area (Å²) in [5.74, 6) is 1.48. The van der Waals surface area contributed by atoms with Crippen LogP contribution in [0.1, 0.15) is 57.4 Å². The fraction of sp³-hybridized carbons (Fsp3) is 0.625. The minimum Gasteiger partial charge on any atom is -0.488 e. The van der Waals surface area contributed by atoms with Crippen LogP contribution in [0.15, 0.2) is 24.3 Å². The van der Waals surface area contributed by atoms with Gasteiger partial charge in [0.1, 0.15) is 11.9 Å². The molecule has 100 valence electrons. The Labute approximate surface area is 110 Å². The second kappa shape index (κ2) is 6.24. The standard InChI is InChI=1S/C16H24O2/c1-3-12(2)13-8-10-14(11-9-13)18-16-7-5-4-6-15(16)17/h8-12,15-17H,3-7H2,1-2H3/t12?,15-,16-/m1/s1. The highest BCUT2D eigenvalue weighted by Gasteiger charge is 2.24. The van der Waals surface area contributed by atoms with Crippen LogP contribution in [0.5, 0.6) is 5.75 Å². The molecule has 0 bridgehead atoms. The predicted molar refractivity (Wildman–Crippen MR) is 74.0 cm³/mol. The number of ether oxygens (including phenoxy) is 1. The Morgan fingerprint density at radius 3 is 2.50 bits per heavy atom. The lowest BCUT2D eigenvalue weighted by atomic mass is 9.94. The summed E-state index contributed by atoms with van der Waals surface area (Å²) in [6.45, 7) is 4.44. The van der Waals surface area contributed by atoms with Gasteiger partial charge in [0, 0.05) is 0 Å². The van der Waals surface area contributed by atoms with Crippen LogP contribution in [-0.2, 0) is 0 Å². The van der Waals surface area contributed by atoms with E-state index >= 15 is 0 Å². The minimum absolute atomic E-state index is 0.0202. The summed E-state index contributed by atoms with van der Waals surface area (Å²) in [7, 11) is 0. The van der Waals surface area contributed by atoms with E-state index in [1.54, 1.807) is 0 Å². The van der Waals surface area contributed by atoms with Crippen molar-refractivity contribution in [1.82, 2.24) is 0 Å². The van der Waals surface area contributed by atoms with Crippen molar-refractivity contribution in [2.45, 2.75) is 64.1 Å². The Balaban J connectivity index is 1.97. The van der Waals surface area contributed by atoms with Gasteiger partial charge in [-0.3, -0.25) is 0 Å². The largest absolute Gasteiger partial charge is 0.488 e. The van der Waals surface area contributed by atoms with E-state index in [0.717, 1.165) is 37.9 Å². The first-order valence-electron chi connectivity index (χ1n) is 7.15. The van der Waals surface area contributed by atoms with Gasteiger partial charge < -0.3 is 9.84 Å². The summed E-state index contributed by atoms with van der Waals surface area (Å²) in [6, 6.07) is 8.34. The third-order valence-electron chi connectivity index (χ3n) is 4.02. The highest BCUT2D eigenvalue weighted by atomic mass is 16.5. The molecule has 1 aromatic rings. The zero-order chi connectivity index (χ0) is 13.0. The first-order chi connectivity index (χ1) is 8.70. The lowest BCUT2D eigenvalue weighted by Gasteiger charge is -2.28. The maximum atomic E-state index is 9.89. The molecular weight excluding hydrogens is 224 g/mol. The third kappa shape index (κ3) is 3.26. The van der Waals surface area contributed by atoms with Crippen LogP contribution in [-0.4, -0.2) is 17.3 Å². The number of benzene rings is 1. The summed E-state index contributed by atoms with van der Waals surface area (Å²) >= 11 is 0. The van der Waals surface area contributed by atoms with Gasteiger partial charge >= 0.3 is 0 Å². The van der Waals surface area contributed by atoms with Gasteiger partial charge in [0.25, 0.3) is 0 Å². The molecule has 0 aromatic heterocycles. The quantitative estimate of drug-likeness (QED) is 0.876. The minimum atomic E-state index is -0.298. The first-order valence-corrected chi connectivity index (χ1v) is 7.15. The van der Waals surface area contributed by atoms with Crippen molar-refractivity contribution in [2.75, 3.05) is 0 Å². The first kappa shape index (κ1) is 13.4. The Hall–Kier alpha value is -1.02. The Morgan fingerprint density at radius 1 is 1.22 bits per heavy atom. The molecule has 2 heteroatoms. The number of aliphatic hydroxyl groups is 1. The van der Waals surface area contributed by atoms with Gasteiger partial charge in [-0.05, 0) is 49.3 Å². The number of aliphatic hydroxyl groups excluding tert-OH is 1. The average Bonchev–Trinajstić information content (AvgIpc) is 2.41. The van der Waals surface area contributed by atoms with Gasteiger partial charge in [0.05, 0.1) is 6.10 Å². The summed E-state index contributed by atoms with van der Waals surface area (Å²) in [5.41, 5.74) is 1.36. The Kier molecular flexibility index (Phi) is 4.65. The van der Waals surface area contributed by atoms with Crippen LogP contribution in [0.2, 0.25) is 0 Å². The molecule has 0 heterocycles. The van der Waals surface area contributed by atoms with Gasteiger partial charge in [0.2, 0.25) is 0 Å². The molecule has 1 saturated carbocycles. The second-order valence-corrected chi connectivity index (χ2v) is 5.39. The zero-order valence-corrected chi connectivity index (χ0v) is 11.4. The smallest absolute Gasteiger partial charge is 0.124 e. The Bertz CT molecular complexity index is 358. The maximum Gasteiger partial charge on any atom is 0.124 e. The normalized spacial score (nSPS) is 25.7. The average molecular weight is 248 g/mol. The lowest BCUT2D eigenvalue weighted by molar-refractivity contribution is 0.00686. The molecule has 0 amide bonds. The van der Waals surface area contributed by atoms with Crippen LogP contribution in [0.3, 0.4) is 0 Å². The molecule has 1 unspecified atom stereocenters. The van der Waals surface area contributed by atoms with Gasteiger partial charge in [-0.15, -0.1) is 0 Å². The topological polar surface area (TPSA) is 29.5 Å². The van der Waals surface area contributed by atoms with Crippen LogP contribution >= 0.6 is 0 Å². The van der Waals surface area contributed by atoms with Gasteiger partial charge in [0.15, 0.2) is 0 Å². The monoisotopic (exact) mass is 248 g/mol. The van der Waals surface area contributed by atoms with Crippen molar-refractivity contribution in [3.05, 3.63) is 29.8 Å². The predicted octanol–water partition coefficient (Wildman–Crippen LogP) is 3.88. The van der Waals surface area contributed by atoms with Crippen molar-refractivity contribution in [3.63, 3.8) is 0 Å². The van der Waals surface area contributed by atoms with E-state index < -0.39 is 0 Å². The highest BCUT2D eigenvalue weighted by Crippen LogP contribution is 2.26. The molecule has 1 aliphatic carbocycles. The molecule has 0 radical (unpaired) electrons. The maximum absolute atomic E-state index is 9.89. The molecule has 3 atom stereocenters. The van der Waals surface area contributed by atoms with Crippen molar-refractivity contribution in [3.8, 4) is 5.75 Å². The SMILES string of the molecule is CCC(C)c1ccc(O[C@@H]2CCCC[C@H]2O)cc1. The van der Waals surface area contributed by atoms with E-state index in [0.29, 0.717) is 5.92 Å². The molecule has 2 rings (SSSR count). The van der Waals surface area contributed by atoms with Gasteiger partial charge in [-0.25, -0.2) is 0 Å². The molecule has 1 aliphatic rings. The van der Waals surface area contributed by atoms with E-state index in [4.69, 9.17) is 4.74 Å². The van der Waals surface area contributed by atoms with Gasteiger partial charge in [-0.1, -0.05) is 32.4 Å². The fourth-order valence-corrected chi connectivity index (χ4v) is 2.50. The van der Waals surface area contributed by atoms with E-state index in [-0.39, 0.29) is 12.2 Å². The second-order valence-electron chi connectivity index (χ2n) is 5.39. The molecule has 1 N–H and O–H groups in total. The molecular formula is C16H24O2. The molecule has 1 aromatic carbocycles. The van der Waals surface area contributed by atoms with Crippen molar-refractivity contribution in [1.29, 1.82) is 0 Å². The fourth-order valence-electron chi connectivity index (χ4n) is 2.50. The van der Waals surface area contributed by atoms with Crippen LogP contribution in [0.4, 0.5) is 0 Å². The summed E-state index contributed by atoms with van der Waals surface area (Å²) in [5, 5.41) is 9.89. The molecule has 18 heavy (non-hydrogen) atoms. The van der Waals surface area contributed by atoms with Gasteiger partial charge in [-0.2, -0.15) is 0 Å². The van der Waals surface area contributed by atoms with Crippen molar-refractivity contribution >= 4 is 0 Å². The molecule has 2 nitrogen and oxygen atoms in total. The van der Waals surface area contributed by atoms with Crippen LogP contribution in [0.25, 0.3) is 0 Å². The number of hydrogen-bond donors (Lipinski definition) is 1. The van der Waals surface area contributed by atoms with Crippen LogP contribution < -0.4 is 4.74 Å². The van der Waals surface area contributed by atoms with E-state index in [1.165, 1.54) is 5.56 Å². The molecule has 0 spiro atoms. The molecule has 1 fully saturated rings. The highest BCUT2D eigenvalue weighted by molar-refractivity contribution is 5.29. The van der Waals surface area contributed by atoms with E-state index in [9.17, 15) is 5.11 Å². The Morgan fingerprint density at radius 2 is 1.89 bits per heavy atom. The molecule has 0 saturated heterocycles. The summed E-state index contributed by atoms with van der Waals surface area (Å²) in [6.07, 6.45) is 4.95. The lowest BCUT2D eigenvalue weighted by Crippen LogP contribution is -2.34. The third-order valence-corrected chi connectivity index (χ3v) is 4.02. The molecule has 0 aliphatic heterocycles. The van der Waals surface area contributed by atoms with E-state index in [1.807, 2.05) is 12.1 Å². The number of rotatable bonds is 4. The summed E-state index contributed by atoms with van der Waals surface area (Å²) in [4.78, 5) is 0.